The third kappa shape index (κ3) is 3.61. The molecular formula is C20H26N4O. The van der Waals surface area contributed by atoms with E-state index < -0.39 is 0 Å². The Morgan fingerprint density at radius 1 is 1.24 bits per heavy atom. The van der Waals surface area contributed by atoms with Crippen molar-refractivity contribution in [2.24, 2.45) is 0 Å². The monoisotopic (exact) mass is 338 g/mol. The van der Waals surface area contributed by atoms with Crippen molar-refractivity contribution in [3.63, 3.8) is 0 Å². The van der Waals surface area contributed by atoms with Gasteiger partial charge in [0.05, 0.1) is 0 Å². The maximum atomic E-state index is 12.4. The first kappa shape index (κ1) is 16.3. The van der Waals surface area contributed by atoms with Gasteiger partial charge in [-0.25, -0.2) is 0 Å². The van der Waals surface area contributed by atoms with E-state index in [0.717, 1.165) is 50.2 Å². The van der Waals surface area contributed by atoms with Gasteiger partial charge in [-0.2, -0.15) is 5.10 Å². The number of hydrogen-bond donors (Lipinski definition) is 2. The third-order valence-electron chi connectivity index (χ3n) is 5.53. The smallest absolute Gasteiger partial charge is 0.272 e. The molecule has 25 heavy (non-hydrogen) atoms. The number of nitrogens with one attached hydrogen (secondary N) is 2. The van der Waals surface area contributed by atoms with Gasteiger partial charge in [0.15, 0.2) is 5.69 Å². The van der Waals surface area contributed by atoms with E-state index in [4.69, 9.17) is 0 Å². The van der Waals surface area contributed by atoms with Gasteiger partial charge in [-0.1, -0.05) is 30.3 Å². The van der Waals surface area contributed by atoms with E-state index in [1.807, 2.05) is 0 Å². The van der Waals surface area contributed by atoms with Crippen LogP contribution in [0.25, 0.3) is 0 Å². The number of carbonyl (C=O) groups is 1. The maximum Gasteiger partial charge on any atom is 0.272 e. The van der Waals surface area contributed by atoms with Crippen LogP contribution in [0.15, 0.2) is 30.3 Å². The van der Waals surface area contributed by atoms with Gasteiger partial charge in [0.2, 0.25) is 0 Å². The molecule has 1 aliphatic heterocycles. The second-order valence-corrected chi connectivity index (χ2v) is 7.19. The first-order valence-electron chi connectivity index (χ1n) is 9.43. The zero-order valence-corrected chi connectivity index (χ0v) is 14.6. The summed E-state index contributed by atoms with van der Waals surface area (Å²) in [7, 11) is 0. The number of carbonyl (C=O) groups excluding carboxylic acids is 1. The van der Waals surface area contributed by atoms with Crippen molar-refractivity contribution in [3.05, 3.63) is 52.8 Å². The Morgan fingerprint density at radius 2 is 2.08 bits per heavy atom. The molecule has 2 N–H and O–H groups in total. The van der Waals surface area contributed by atoms with Crippen LogP contribution in [0.3, 0.4) is 0 Å². The van der Waals surface area contributed by atoms with Gasteiger partial charge in [-0.15, -0.1) is 0 Å². The fourth-order valence-electron chi connectivity index (χ4n) is 4.11. The minimum Gasteiger partial charge on any atom is -0.349 e. The summed E-state index contributed by atoms with van der Waals surface area (Å²) in [6.45, 7) is 3.77. The van der Waals surface area contributed by atoms with Crippen LogP contribution in [0.4, 0.5) is 0 Å². The SMILES string of the molecule is O=C(NCCN1CC[C@@H](c2ccccc2)C1)c1n[nH]c2c1CCCC2. The highest BCUT2D eigenvalue weighted by atomic mass is 16.1. The second kappa shape index (κ2) is 7.40. The molecule has 0 radical (unpaired) electrons. The topological polar surface area (TPSA) is 61.0 Å². The molecule has 2 aromatic rings. The molecule has 1 atom stereocenters. The molecule has 4 rings (SSSR count). The minimum atomic E-state index is -0.0294. The lowest BCUT2D eigenvalue weighted by atomic mass is 9.96. The van der Waals surface area contributed by atoms with Gasteiger partial charge in [-0.05, 0) is 50.1 Å². The van der Waals surface area contributed by atoms with Crippen molar-refractivity contribution in [1.29, 1.82) is 0 Å². The van der Waals surface area contributed by atoms with E-state index >= 15 is 0 Å². The Hall–Kier alpha value is -2.14. The molecule has 5 nitrogen and oxygen atoms in total. The van der Waals surface area contributed by atoms with Crippen molar-refractivity contribution in [2.75, 3.05) is 26.2 Å². The van der Waals surface area contributed by atoms with E-state index in [-0.39, 0.29) is 5.91 Å². The highest BCUT2D eigenvalue weighted by Crippen LogP contribution is 2.26. The highest BCUT2D eigenvalue weighted by molar-refractivity contribution is 5.94. The number of hydrogen-bond acceptors (Lipinski definition) is 3. The number of nitrogens with zero attached hydrogens (tertiary/aromatic N) is 2. The number of benzene rings is 1. The molecule has 5 heteroatoms. The standard InChI is InChI=1S/C20H26N4O/c25-20(19-17-8-4-5-9-18(17)22-23-19)21-11-13-24-12-10-16(14-24)15-6-2-1-3-7-15/h1-3,6-7,16H,4-5,8-14H2,(H,21,25)(H,22,23)/t16-/m1/s1. The van der Waals surface area contributed by atoms with E-state index in [1.165, 1.54) is 18.4 Å². The molecule has 1 aromatic carbocycles. The molecule has 0 spiro atoms. The summed E-state index contributed by atoms with van der Waals surface area (Å²) in [5, 5.41) is 10.3. The summed E-state index contributed by atoms with van der Waals surface area (Å²) >= 11 is 0. The molecule has 1 aromatic heterocycles. The Kier molecular flexibility index (Phi) is 4.83. The molecule has 0 bridgehead atoms. The number of aryl methyl sites for hydroxylation is 1. The van der Waals surface area contributed by atoms with E-state index in [2.05, 4.69) is 50.7 Å². The zero-order valence-electron chi connectivity index (χ0n) is 14.6. The Labute approximate surface area is 148 Å². The van der Waals surface area contributed by atoms with Crippen molar-refractivity contribution < 1.29 is 4.79 Å². The fraction of sp³-hybridized carbons (Fsp3) is 0.500. The Bertz CT molecular complexity index is 725. The van der Waals surface area contributed by atoms with Crippen molar-refractivity contribution in [1.82, 2.24) is 20.4 Å². The highest BCUT2D eigenvalue weighted by Gasteiger charge is 2.24. The van der Waals surface area contributed by atoms with Crippen LogP contribution < -0.4 is 5.32 Å². The molecule has 1 aliphatic carbocycles. The van der Waals surface area contributed by atoms with Crippen LogP contribution in [-0.2, 0) is 12.8 Å². The van der Waals surface area contributed by atoms with Gasteiger partial charge in [0.1, 0.15) is 0 Å². The van der Waals surface area contributed by atoms with Gasteiger partial charge in [-0.3, -0.25) is 9.89 Å². The lowest BCUT2D eigenvalue weighted by Crippen LogP contribution is -2.34. The predicted molar refractivity (Wildman–Crippen MR) is 97.8 cm³/mol. The second-order valence-electron chi connectivity index (χ2n) is 7.19. The van der Waals surface area contributed by atoms with E-state index in [9.17, 15) is 4.79 Å². The van der Waals surface area contributed by atoms with Crippen molar-refractivity contribution >= 4 is 5.91 Å². The normalized spacial score (nSPS) is 20.4. The maximum absolute atomic E-state index is 12.4. The largest absolute Gasteiger partial charge is 0.349 e. The number of likely N-dealkylation sites (tertiary alicyclic amines) is 1. The molecule has 2 aliphatic rings. The molecule has 0 saturated carbocycles. The van der Waals surface area contributed by atoms with Crippen LogP contribution >= 0.6 is 0 Å². The average molecular weight is 338 g/mol. The predicted octanol–water partition coefficient (Wildman–Crippen LogP) is 2.51. The van der Waals surface area contributed by atoms with E-state index in [0.29, 0.717) is 18.2 Å². The number of aromatic amines is 1. The molecule has 1 saturated heterocycles. The Morgan fingerprint density at radius 3 is 2.96 bits per heavy atom. The summed E-state index contributed by atoms with van der Waals surface area (Å²) in [5.41, 5.74) is 4.33. The van der Waals surface area contributed by atoms with Gasteiger partial charge >= 0.3 is 0 Å². The number of aromatic nitrogens is 2. The van der Waals surface area contributed by atoms with Crippen LogP contribution in [0.2, 0.25) is 0 Å². The quantitative estimate of drug-likeness (QED) is 0.881. The fourth-order valence-corrected chi connectivity index (χ4v) is 4.11. The van der Waals surface area contributed by atoms with Crippen LogP contribution in [0.5, 0.6) is 0 Å². The summed E-state index contributed by atoms with van der Waals surface area (Å²) in [5.74, 6) is 0.591. The lowest BCUT2D eigenvalue weighted by Gasteiger charge is -2.16. The summed E-state index contributed by atoms with van der Waals surface area (Å²) in [6.07, 6.45) is 5.53. The molecule has 1 fully saturated rings. The summed E-state index contributed by atoms with van der Waals surface area (Å²) in [6, 6.07) is 10.7. The molecule has 0 unspecified atom stereocenters. The number of fused-ring (bicyclic) bond motifs is 1. The van der Waals surface area contributed by atoms with Crippen molar-refractivity contribution in [2.45, 2.75) is 38.0 Å². The number of amides is 1. The number of H-pyrrole nitrogens is 1. The zero-order chi connectivity index (χ0) is 17.1. The van der Waals surface area contributed by atoms with E-state index in [1.54, 1.807) is 0 Å². The molecular weight excluding hydrogens is 312 g/mol. The Balaban J connectivity index is 1.26. The minimum absolute atomic E-state index is 0.0294. The molecule has 2 heterocycles. The first-order valence-corrected chi connectivity index (χ1v) is 9.43. The third-order valence-corrected chi connectivity index (χ3v) is 5.53. The molecule has 1 amide bonds. The van der Waals surface area contributed by atoms with Gasteiger partial charge < -0.3 is 10.2 Å². The van der Waals surface area contributed by atoms with Crippen LogP contribution in [0, 0.1) is 0 Å². The lowest BCUT2D eigenvalue weighted by molar-refractivity contribution is 0.0943. The number of rotatable bonds is 5. The molecule has 132 valence electrons. The van der Waals surface area contributed by atoms with Crippen LogP contribution in [-0.4, -0.2) is 47.2 Å². The summed E-state index contributed by atoms with van der Waals surface area (Å²) in [4.78, 5) is 14.9. The first-order chi connectivity index (χ1) is 12.3. The average Bonchev–Trinajstić information content (AvgIpc) is 3.29. The summed E-state index contributed by atoms with van der Waals surface area (Å²) < 4.78 is 0. The van der Waals surface area contributed by atoms with Crippen molar-refractivity contribution in [3.8, 4) is 0 Å². The van der Waals surface area contributed by atoms with Gasteiger partial charge in [0, 0.05) is 30.9 Å². The van der Waals surface area contributed by atoms with Gasteiger partial charge in [0.25, 0.3) is 5.91 Å². The van der Waals surface area contributed by atoms with Crippen LogP contribution in [0.1, 0.15) is 52.5 Å².